The first kappa shape index (κ1) is 37.6. The minimum Gasteiger partial charge on any atom is -0.309 e. The molecule has 0 amide bonds. The van der Waals surface area contributed by atoms with E-state index in [1.54, 1.807) is 6.08 Å². The highest BCUT2D eigenvalue weighted by Crippen LogP contribution is 2.39. The number of fused-ring (bicyclic) bond motifs is 6. The summed E-state index contributed by atoms with van der Waals surface area (Å²) in [5, 5.41) is 4.77. The van der Waals surface area contributed by atoms with Crippen LogP contribution in [0.4, 0.5) is 0 Å². The molecule has 0 aliphatic rings. The summed E-state index contributed by atoms with van der Waals surface area (Å²) in [4.78, 5) is 10.7. The Labute approximate surface area is 366 Å². The van der Waals surface area contributed by atoms with Crippen LogP contribution in [0.2, 0.25) is 0 Å². The molecule has 4 nitrogen and oxygen atoms in total. The van der Waals surface area contributed by atoms with Crippen molar-refractivity contribution < 1.29 is 0 Å². The van der Waals surface area contributed by atoms with Crippen LogP contribution in [0.25, 0.3) is 106 Å². The van der Waals surface area contributed by atoms with Crippen LogP contribution in [-0.4, -0.2) is 19.1 Å². The predicted octanol–water partition coefficient (Wildman–Crippen LogP) is 15.5. The second-order valence-electron chi connectivity index (χ2n) is 15.9. The van der Waals surface area contributed by atoms with E-state index in [9.17, 15) is 0 Å². The number of allylic oxidation sites excluding steroid dienone is 5. The maximum Gasteiger partial charge on any atom is 0.235 e. The molecule has 11 aromatic rings. The lowest BCUT2D eigenvalue weighted by molar-refractivity contribution is 0.995. The molecule has 8 aromatic carbocycles. The molecule has 0 aliphatic heterocycles. The van der Waals surface area contributed by atoms with Gasteiger partial charge in [-0.2, -0.15) is 0 Å². The average Bonchev–Trinajstić information content (AvgIpc) is 3.87. The Morgan fingerprint density at radius 2 is 0.921 bits per heavy atom. The lowest BCUT2D eigenvalue weighted by Gasteiger charge is -2.13. The van der Waals surface area contributed by atoms with Gasteiger partial charge in [-0.15, -0.1) is 0 Å². The largest absolute Gasteiger partial charge is 0.309 e. The summed E-state index contributed by atoms with van der Waals surface area (Å²) in [5.41, 5.74) is 16.3. The number of nitrogens with zero attached hydrogens (tertiary/aromatic N) is 4. The summed E-state index contributed by atoms with van der Waals surface area (Å²) in [6.07, 6.45) is 7.85. The van der Waals surface area contributed by atoms with Crippen LogP contribution in [0, 0.1) is 0 Å². The Balaban J connectivity index is 1.06. The molecule has 0 aliphatic carbocycles. The zero-order valence-electron chi connectivity index (χ0n) is 34.9. The molecular formula is C59H42N4. The first-order chi connectivity index (χ1) is 31.1. The van der Waals surface area contributed by atoms with Gasteiger partial charge in [0.05, 0.1) is 33.5 Å². The Morgan fingerprint density at radius 3 is 1.62 bits per heavy atom. The molecule has 3 heterocycles. The van der Waals surface area contributed by atoms with Gasteiger partial charge in [-0.25, -0.2) is 9.97 Å². The van der Waals surface area contributed by atoms with Gasteiger partial charge in [0.25, 0.3) is 0 Å². The molecule has 0 bridgehead atoms. The van der Waals surface area contributed by atoms with Gasteiger partial charge in [0.2, 0.25) is 5.95 Å². The molecule has 0 radical (unpaired) electrons. The zero-order chi connectivity index (χ0) is 42.3. The summed E-state index contributed by atoms with van der Waals surface area (Å²) in [5.74, 6) is 0.622. The van der Waals surface area contributed by atoms with E-state index < -0.39 is 0 Å². The number of aromatic nitrogens is 4. The first-order valence-corrected chi connectivity index (χ1v) is 21.4. The van der Waals surface area contributed by atoms with Gasteiger partial charge in [-0.1, -0.05) is 183 Å². The second-order valence-corrected chi connectivity index (χ2v) is 15.9. The monoisotopic (exact) mass is 806 g/mol. The summed E-state index contributed by atoms with van der Waals surface area (Å²) >= 11 is 0. The summed E-state index contributed by atoms with van der Waals surface area (Å²) in [7, 11) is 0. The van der Waals surface area contributed by atoms with Crippen molar-refractivity contribution in [2.45, 2.75) is 6.92 Å². The van der Waals surface area contributed by atoms with Crippen LogP contribution in [0.15, 0.2) is 231 Å². The second kappa shape index (κ2) is 15.9. The summed E-state index contributed by atoms with van der Waals surface area (Å²) in [6.45, 7) is 5.92. The molecule has 0 N–H and O–H groups in total. The number of hydrogen-bond acceptors (Lipinski definition) is 2. The molecular weight excluding hydrogens is 765 g/mol. The predicted molar refractivity (Wildman–Crippen MR) is 265 cm³/mol. The van der Waals surface area contributed by atoms with Crippen molar-refractivity contribution in [3.63, 3.8) is 0 Å². The van der Waals surface area contributed by atoms with E-state index in [2.05, 4.69) is 223 Å². The third kappa shape index (κ3) is 6.84. The fraction of sp³-hybridized carbons (Fsp3) is 0.0169. The highest BCUT2D eigenvalue weighted by Gasteiger charge is 2.19. The van der Waals surface area contributed by atoms with E-state index in [1.165, 1.54) is 32.9 Å². The van der Waals surface area contributed by atoms with Crippen LogP contribution in [-0.2, 0) is 0 Å². The molecule has 11 rings (SSSR count). The van der Waals surface area contributed by atoms with E-state index >= 15 is 0 Å². The van der Waals surface area contributed by atoms with Gasteiger partial charge < -0.3 is 4.57 Å². The third-order valence-corrected chi connectivity index (χ3v) is 12.1. The van der Waals surface area contributed by atoms with Crippen molar-refractivity contribution >= 4 is 49.2 Å². The van der Waals surface area contributed by atoms with Gasteiger partial charge in [0, 0.05) is 38.4 Å². The van der Waals surface area contributed by atoms with Crippen molar-refractivity contribution in [3.05, 3.63) is 237 Å². The number of para-hydroxylation sites is 3. The molecule has 0 saturated heterocycles. The standard InChI is InChI=1S/C59H42N4/c1-3-4-7-16-40(2)41-25-29-44(30-26-41)53-39-54(45-31-27-43(28-32-45)42-17-8-5-9-18-42)61-59(60-53)63-56-24-15-13-22-50(56)52-37-46(34-36-57(52)63)47-33-35-51-49-21-12-14-23-55(49)62(58(51)38-47)48-19-10-6-11-20-48/h3-39H,1H2,2H3/b7-4-,40-16+. The van der Waals surface area contributed by atoms with Crippen molar-refractivity contribution in [1.82, 2.24) is 19.1 Å². The van der Waals surface area contributed by atoms with Gasteiger partial charge in [-0.05, 0) is 88.8 Å². The molecule has 0 unspecified atom stereocenters. The minimum absolute atomic E-state index is 0.622. The fourth-order valence-electron chi connectivity index (χ4n) is 8.95. The number of rotatable bonds is 9. The van der Waals surface area contributed by atoms with Crippen molar-refractivity contribution in [3.8, 4) is 56.4 Å². The molecule has 0 saturated carbocycles. The number of benzene rings is 8. The van der Waals surface area contributed by atoms with Crippen molar-refractivity contribution in [1.29, 1.82) is 0 Å². The van der Waals surface area contributed by atoms with Crippen LogP contribution in [0.1, 0.15) is 12.5 Å². The molecule has 63 heavy (non-hydrogen) atoms. The smallest absolute Gasteiger partial charge is 0.235 e. The van der Waals surface area contributed by atoms with E-state index in [4.69, 9.17) is 9.97 Å². The van der Waals surface area contributed by atoms with E-state index in [1.807, 2.05) is 18.2 Å². The summed E-state index contributed by atoms with van der Waals surface area (Å²) in [6, 6.07) is 71.5. The zero-order valence-corrected chi connectivity index (χ0v) is 34.9. The fourth-order valence-corrected chi connectivity index (χ4v) is 8.95. The Morgan fingerprint density at radius 1 is 0.413 bits per heavy atom. The average molecular weight is 807 g/mol. The lowest BCUT2D eigenvalue weighted by Crippen LogP contribution is -2.04. The molecule has 298 valence electrons. The minimum atomic E-state index is 0.622. The van der Waals surface area contributed by atoms with Crippen LogP contribution in [0.5, 0.6) is 0 Å². The van der Waals surface area contributed by atoms with Gasteiger partial charge in [-0.3, -0.25) is 4.57 Å². The van der Waals surface area contributed by atoms with E-state index in [0.717, 1.165) is 72.3 Å². The van der Waals surface area contributed by atoms with Crippen LogP contribution < -0.4 is 0 Å². The third-order valence-electron chi connectivity index (χ3n) is 12.1. The highest BCUT2D eigenvalue weighted by molar-refractivity contribution is 6.12. The van der Waals surface area contributed by atoms with Crippen molar-refractivity contribution in [2.24, 2.45) is 0 Å². The van der Waals surface area contributed by atoms with Gasteiger partial charge in [0.15, 0.2) is 0 Å². The van der Waals surface area contributed by atoms with Crippen molar-refractivity contribution in [2.75, 3.05) is 0 Å². The van der Waals surface area contributed by atoms with Crippen LogP contribution >= 0.6 is 0 Å². The molecule has 0 fully saturated rings. The summed E-state index contributed by atoms with van der Waals surface area (Å²) < 4.78 is 4.60. The van der Waals surface area contributed by atoms with E-state index in [-0.39, 0.29) is 0 Å². The normalized spacial score (nSPS) is 12.0. The number of hydrogen-bond donors (Lipinski definition) is 0. The van der Waals surface area contributed by atoms with Gasteiger partial charge in [0.1, 0.15) is 0 Å². The first-order valence-electron chi connectivity index (χ1n) is 21.4. The molecule has 0 atom stereocenters. The molecule has 0 spiro atoms. The Kier molecular flexibility index (Phi) is 9.52. The SMILES string of the molecule is C=C/C=C\C=C(/C)c1ccc(-c2cc(-c3ccc(-c4ccccc4)cc3)nc(-n3c4ccccc4c4cc(-c5ccc6c7ccccc7n(-c7ccccc7)c6c5)ccc43)n2)cc1. The maximum absolute atomic E-state index is 5.36. The Bertz CT molecular complexity index is 3550. The molecule has 3 aromatic heterocycles. The molecule has 4 heteroatoms. The maximum atomic E-state index is 5.36. The Hall–Kier alpha value is -8.34. The van der Waals surface area contributed by atoms with E-state index in [0.29, 0.717) is 5.95 Å². The highest BCUT2D eigenvalue weighted by atomic mass is 15.2. The lowest BCUT2D eigenvalue weighted by atomic mass is 10.0. The quantitative estimate of drug-likeness (QED) is 0.136. The van der Waals surface area contributed by atoms with Gasteiger partial charge >= 0.3 is 0 Å². The topological polar surface area (TPSA) is 35.6 Å². The van der Waals surface area contributed by atoms with Crippen LogP contribution in [0.3, 0.4) is 0 Å².